The molecule has 0 aliphatic rings. The lowest BCUT2D eigenvalue weighted by molar-refractivity contribution is 0.0410. The summed E-state index contributed by atoms with van der Waals surface area (Å²) < 4.78 is 39.1. The number of rotatable bonds is 21. The molecule has 186 valence electrons. The first-order valence-corrected chi connectivity index (χ1v) is 14.7. The third-order valence-electron chi connectivity index (χ3n) is 6.37. The van der Waals surface area contributed by atoms with E-state index in [4.69, 9.17) is 4.74 Å². The summed E-state index contributed by atoms with van der Waals surface area (Å²) in [4.78, 5) is 0. The van der Waals surface area contributed by atoms with E-state index in [1.165, 1.54) is 64.2 Å². The Morgan fingerprint density at radius 1 is 0.688 bits per heavy atom. The van der Waals surface area contributed by atoms with Gasteiger partial charge in [0.05, 0.1) is 5.75 Å². The van der Waals surface area contributed by atoms with Crippen LogP contribution in [0.4, 0.5) is 0 Å². The lowest BCUT2D eigenvalue weighted by atomic mass is 9.86. The van der Waals surface area contributed by atoms with Gasteiger partial charge in [0.15, 0.2) is 0 Å². The Morgan fingerprint density at radius 2 is 1.12 bits per heavy atom. The summed E-state index contributed by atoms with van der Waals surface area (Å²) in [5.74, 6) is 0.543. The SMILES string of the molecule is CCCCCCCCCC(CCCCCCCCC)(CCS(=O)(=O)O)Oc1ccccc1. The molecule has 0 heterocycles. The zero-order valence-corrected chi connectivity index (χ0v) is 21.5. The van der Waals surface area contributed by atoms with Crippen molar-refractivity contribution in [2.75, 3.05) is 5.75 Å². The molecular formula is C27H48O4S. The van der Waals surface area contributed by atoms with Crippen molar-refractivity contribution in [3.05, 3.63) is 30.3 Å². The smallest absolute Gasteiger partial charge is 0.265 e. The molecule has 0 saturated carbocycles. The van der Waals surface area contributed by atoms with Crippen molar-refractivity contribution in [1.82, 2.24) is 0 Å². The Balaban J connectivity index is 2.75. The van der Waals surface area contributed by atoms with E-state index in [2.05, 4.69) is 13.8 Å². The summed E-state index contributed by atoms with van der Waals surface area (Å²) in [5.41, 5.74) is -0.538. The highest BCUT2D eigenvalue weighted by Crippen LogP contribution is 2.33. The fourth-order valence-electron chi connectivity index (χ4n) is 4.39. The lowest BCUT2D eigenvalue weighted by Crippen LogP contribution is -2.38. The van der Waals surface area contributed by atoms with Gasteiger partial charge in [-0.05, 0) is 37.8 Å². The van der Waals surface area contributed by atoms with Crippen LogP contribution in [0.3, 0.4) is 0 Å². The molecule has 0 radical (unpaired) electrons. The standard InChI is InChI=1S/C27H48O4S/c1-3-5-7-9-11-13-18-22-27(24-25-32(28,29)30,31-26-20-16-15-17-21-26)23-19-14-12-10-8-6-4-2/h15-17,20-21H,3-14,18-19,22-25H2,1-2H3,(H,28,29,30). The van der Waals surface area contributed by atoms with Gasteiger partial charge in [-0.3, -0.25) is 4.55 Å². The molecule has 0 unspecified atom stereocenters. The molecule has 4 nitrogen and oxygen atoms in total. The van der Waals surface area contributed by atoms with E-state index in [9.17, 15) is 13.0 Å². The van der Waals surface area contributed by atoms with Crippen LogP contribution in [0.2, 0.25) is 0 Å². The maximum absolute atomic E-state index is 11.6. The summed E-state index contributed by atoms with van der Waals surface area (Å²) in [7, 11) is -4.02. The third-order valence-corrected chi connectivity index (χ3v) is 7.09. The normalized spacial score (nSPS) is 12.2. The zero-order chi connectivity index (χ0) is 23.5. The maximum atomic E-state index is 11.6. The van der Waals surface area contributed by atoms with Gasteiger partial charge in [0.1, 0.15) is 11.4 Å². The van der Waals surface area contributed by atoms with Gasteiger partial charge in [-0.1, -0.05) is 109 Å². The van der Waals surface area contributed by atoms with Gasteiger partial charge >= 0.3 is 0 Å². The summed E-state index contributed by atoms with van der Waals surface area (Å²) in [6, 6.07) is 9.74. The van der Waals surface area contributed by atoms with Gasteiger partial charge in [-0.25, -0.2) is 0 Å². The lowest BCUT2D eigenvalue weighted by Gasteiger charge is -2.35. The van der Waals surface area contributed by atoms with Crippen molar-refractivity contribution in [2.24, 2.45) is 0 Å². The van der Waals surface area contributed by atoms with Crippen LogP contribution in [0.1, 0.15) is 123 Å². The maximum Gasteiger partial charge on any atom is 0.265 e. The topological polar surface area (TPSA) is 63.6 Å². The van der Waals surface area contributed by atoms with E-state index in [1.54, 1.807) is 0 Å². The Hall–Kier alpha value is -1.07. The van der Waals surface area contributed by atoms with E-state index in [0.717, 1.165) is 44.3 Å². The summed E-state index contributed by atoms with van der Waals surface area (Å²) >= 11 is 0. The molecule has 0 saturated heterocycles. The highest BCUT2D eigenvalue weighted by atomic mass is 32.2. The third kappa shape index (κ3) is 14.9. The van der Waals surface area contributed by atoms with E-state index < -0.39 is 15.7 Å². The average molecular weight is 469 g/mol. The van der Waals surface area contributed by atoms with Crippen LogP contribution in [0.15, 0.2) is 30.3 Å². The molecule has 0 bridgehead atoms. The highest BCUT2D eigenvalue weighted by molar-refractivity contribution is 7.85. The van der Waals surface area contributed by atoms with Crippen LogP contribution in [0.5, 0.6) is 5.75 Å². The van der Waals surface area contributed by atoms with Gasteiger partial charge in [0.25, 0.3) is 10.1 Å². The van der Waals surface area contributed by atoms with Crippen molar-refractivity contribution in [3.63, 3.8) is 0 Å². The van der Waals surface area contributed by atoms with E-state index in [1.807, 2.05) is 30.3 Å². The predicted octanol–water partition coefficient (Wildman–Crippen LogP) is 8.36. The molecule has 0 aromatic heterocycles. The molecule has 1 N–H and O–H groups in total. The molecule has 0 aliphatic heterocycles. The number of benzene rings is 1. The van der Waals surface area contributed by atoms with Gasteiger partial charge in [0.2, 0.25) is 0 Å². The largest absolute Gasteiger partial charge is 0.487 e. The summed E-state index contributed by atoms with van der Waals surface area (Å²) in [6.45, 7) is 4.46. The van der Waals surface area contributed by atoms with Crippen LogP contribution < -0.4 is 4.74 Å². The van der Waals surface area contributed by atoms with Gasteiger partial charge in [-0.15, -0.1) is 0 Å². The quantitative estimate of drug-likeness (QED) is 0.145. The minimum Gasteiger partial charge on any atom is -0.487 e. The fourth-order valence-corrected chi connectivity index (χ4v) is 5.02. The molecule has 32 heavy (non-hydrogen) atoms. The van der Waals surface area contributed by atoms with Crippen LogP contribution in [0.25, 0.3) is 0 Å². The number of unbranched alkanes of at least 4 members (excludes halogenated alkanes) is 12. The number of hydrogen-bond acceptors (Lipinski definition) is 3. The second-order valence-electron chi connectivity index (χ2n) is 9.38. The van der Waals surface area contributed by atoms with Crippen LogP contribution in [-0.4, -0.2) is 24.3 Å². The van der Waals surface area contributed by atoms with Crippen molar-refractivity contribution in [2.45, 2.75) is 129 Å². The molecular weight excluding hydrogens is 420 g/mol. The zero-order valence-electron chi connectivity index (χ0n) is 20.7. The number of hydrogen-bond donors (Lipinski definition) is 1. The minimum absolute atomic E-state index is 0.243. The van der Waals surface area contributed by atoms with Gasteiger partial charge in [-0.2, -0.15) is 8.42 Å². The van der Waals surface area contributed by atoms with Crippen LogP contribution >= 0.6 is 0 Å². The Bertz CT molecular complexity index is 639. The molecule has 0 spiro atoms. The second kappa shape index (κ2) is 17.4. The minimum atomic E-state index is -4.02. The molecule has 1 aromatic rings. The van der Waals surface area contributed by atoms with Crippen molar-refractivity contribution in [3.8, 4) is 5.75 Å². The van der Waals surface area contributed by atoms with Crippen molar-refractivity contribution < 1.29 is 17.7 Å². The molecule has 0 aliphatic carbocycles. The average Bonchev–Trinajstić information content (AvgIpc) is 2.77. The fraction of sp³-hybridized carbons (Fsp3) is 0.778. The van der Waals surface area contributed by atoms with E-state index >= 15 is 0 Å². The number of ether oxygens (including phenoxy) is 1. The molecule has 1 rings (SSSR count). The monoisotopic (exact) mass is 468 g/mol. The Kier molecular flexibility index (Phi) is 15.8. The Morgan fingerprint density at radius 3 is 1.56 bits per heavy atom. The molecule has 5 heteroatoms. The van der Waals surface area contributed by atoms with E-state index in [0.29, 0.717) is 6.42 Å². The Labute approximate surface area is 198 Å². The number of para-hydroxylation sites is 1. The molecule has 0 atom stereocenters. The highest BCUT2D eigenvalue weighted by Gasteiger charge is 2.33. The van der Waals surface area contributed by atoms with E-state index in [-0.39, 0.29) is 5.75 Å². The summed E-state index contributed by atoms with van der Waals surface area (Å²) in [6.07, 6.45) is 19.0. The first-order chi connectivity index (χ1) is 15.4. The molecule has 1 aromatic carbocycles. The van der Waals surface area contributed by atoms with Crippen LogP contribution in [-0.2, 0) is 10.1 Å². The van der Waals surface area contributed by atoms with Gasteiger partial charge in [0, 0.05) is 6.42 Å². The van der Waals surface area contributed by atoms with Crippen LogP contribution in [0, 0.1) is 0 Å². The van der Waals surface area contributed by atoms with Crippen molar-refractivity contribution >= 4 is 10.1 Å². The predicted molar refractivity (Wildman–Crippen MR) is 136 cm³/mol. The molecule has 0 fully saturated rings. The summed E-state index contributed by atoms with van der Waals surface area (Å²) in [5, 5.41) is 0. The first kappa shape index (κ1) is 29.0. The van der Waals surface area contributed by atoms with Gasteiger partial charge < -0.3 is 4.74 Å². The second-order valence-corrected chi connectivity index (χ2v) is 10.9. The molecule has 0 amide bonds. The first-order valence-electron chi connectivity index (χ1n) is 13.1. The van der Waals surface area contributed by atoms with Crippen molar-refractivity contribution in [1.29, 1.82) is 0 Å².